The monoisotopic (exact) mass is 676 g/mol. The zero-order valence-corrected chi connectivity index (χ0v) is 25.9. The highest BCUT2D eigenvalue weighted by atomic mass is 79.9. The van der Waals surface area contributed by atoms with E-state index < -0.39 is 5.91 Å². The normalized spacial score (nSPS) is 11.3. The summed E-state index contributed by atoms with van der Waals surface area (Å²) in [7, 11) is 0. The number of nitrogens with one attached hydrogen (secondary N) is 3. The first-order chi connectivity index (χ1) is 20.8. The fourth-order valence-electron chi connectivity index (χ4n) is 3.97. The maximum Gasteiger partial charge on any atom is 0.281 e. The number of amides is 3. The van der Waals surface area contributed by atoms with Crippen LogP contribution in [-0.2, 0) is 13.1 Å². The molecular weight excluding hydrogens is 652 g/mol. The third-order valence-corrected chi connectivity index (χ3v) is 8.94. The Morgan fingerprint density at radius 1 is 0.884 bits per heavy atom. The van der Waals surface area contributed by atoms with Crippen LogP contribution in [0.3, 0.4) is 0 Å². The highest BCUT2D eigenvalue weighted by Crippen LogP contribution is 2.39. The molecule has 5 aromatic rings. The number of carbonyl (C=O) groups excluding carboxylic acids is 3. The molecule has 43 heavy (non-hydrogen) atoms. The van der Waals surface area contributed by atoms with Gasteiger partial charge in [-0.05, 0) is 66.6 Å². The predicted molar refractivity (Wildman–Crippen MR) is 171 cm³/mol. The summed E-state index contributed by atoms with van der Waals surface area (Å²) in [5, 5.41) is 22.3. The average Bonchev–Trinajstić information content (AvgIpc) is 3.80. The van der Waals surface area contributed by atoms with Crippen molar-refractivity contribution in [2.75, 3.05) is 0 Å². The molecule has 0 radical (unpaired) electrons. The highest BCUT2D eigenvalue weighted by Gasteiger charge is 2.17. The molecule has 0 saturated heterocycles. The minimum absolute atomic E-state index is 0.0980. The third-order valence-electron chi connectivity index (χ3n) is 6.31. The first-order valence-electron chi connectivity index (χ1n) is 13.0. The SMILES string of the molecule is C/C(=N\NC(=O)c1ccc(C(=O)NCc2ccc(C(=O)NCc3ccco3)cc2)s1)c1csc(-c2ccc(Br)cc2)c1O. The van der Waals surface area contributed by atoms with E-state index in [1.54, 1.807) is 67.1 Å². The van der Waals surface area contributed by atoms with Gasteiger partial charge in [0.1, 0.15) is 11.5 Å². The Balaban J connectivity index is 1.12. The predicted octanol–water partition coefficient (Wildman–Crippen LogP) is 6.55. The molecule has 3 heterocycles. The summed E-state index contributed by atoms with van der Waals surface area (Å²) in [5.41, 5.74) is 5.65. The minimum Gasteiger partial charge on any atom is -0.506 e. The Bertz CT molecular complexity index is 1780. The Hall–Kier alpha value is -4.52. The molecule has 0 atom stereocenters. The van der Waals surface area contributed by atoms with Crippen molar-refractivity contribution in [2.45, 2.75) is 20.0 Å². The maximum absolute atomic E-state index is 12.7. The molecule has 0 aliphatic carbocycles. The van der Waals surface area contributed by atoms with Crippen LogP contribution in [0.15, 0.2) is 98.4 Å². The molecular formula is C31H25BrN4O5S2. The summed E-state index contributed by atoms with van der Waals surface area (Å²) in [6, 6.07) is 21.2. The molecule has 9 nitrogen and oxygen atoms in total. The molecule has 2 aromatic carbocycles. The van der Waals surface area contributed by atoms with Crippen molar-refractivity contribution < 1.29 is 23.9 Å². The van der Waals surface area contributed by atoms with Crippen molar-refractivity contribution in [1.82, 2.24) is 16.1 Å². The standard InChI is InChI=1S/C31H25BrN4O5S2/c1-18(24-17-42-28(27(24)37)20-8-10-22(32)11-9-20)35-36-31(40)26-13-12-25(43-26)30(39)33-15-19-4-6-21(7-5-19)29(38)34-16-23-3-2-14-41-23/h2-14,17,37H,15-16H2,1H3,(H,33,39)(H,34,38)(H,36,40)/b35-18+. The van der Waals surface area contributed by atoms with E-state index in [2.05, 4.69) is 37.1 Å². The van der Waals surface area contributed by atoms with Crippen LogP contribution in [0.5, 0.6) is 5.75 Å². The summed E-state index contributed by atoms with van der Waals surface area (Å²) in [5.74, 6) is -0.260. The van der Waals surface area contributed by atoms with Gasteiger partial charge in [-0.15, -0.1) is 22.7 Å². The van der Waals surface area contributed by atoms with Crippen molar-refractivity contribution >= 4 is 62.0 Å². The first-order valence-corrected chi connectivity index (χ1v) is 15.5. The van der Waals surface area contributed by atoms with E-state index in [-0.39, 0.29) is 24.1 Å². The molecule has 218 valence electrons. The van der Waals surface area contributed by atoms with Crippen LogP contribution < -0.4 is 16.1 Å². The van der Waals surface area contributed by atoms with E-state index in [0.29, 0.717) is 43.8 Å². The molecule has 0 saturated carbocycles. The molecule has 12 heteroatoms. The second kappa shape index (κ2) is 13.6. The Kier molecular flexibility index (Phi) is 9.50. The summed E-state index contributed by atoms with van der Waals surface area (Å²) < 4.78 is 6.15. The van der Waals surface area contributed by atoms with E-state index in [1.165, 1.54) is 11.3 Å². The van der Waals surface area contributed by atoms with Gasteiger partial charge in [-0.25, -0.2) is 5.43 Å². The van der Waals surface area contributed by atoms with Gasteiger partial charge in [0.15, 0.2) is 0 Å². The summed E-state index contributed by atoms with van der Waals surface area (Å²) in [4.78, 5) is 39.1. The molecule has 0 bridgehead atoms. The Labute approximate surface area is 263 Å². The summed E-state index contributed by atoms with van der Waals surface area (Å²) in [6.07, 6.45) is 1.55. The first kappa shape index (κ1) is 30.0. The lowest BCUT2D eigenvalue weighted by Gasteiger charge is -2.06. The smallest absolute Gasteiger partial charge is 0.281 e. The van der Waals surface area contributed by atoms with Crippen molar-refractivity contribution in [3.8, 4) is 16.2 Å². The molecule has 4 N–H and O–H groups in total. The van der Waals surface area contributed by atoms with Crippen molar-refractivity contribution in [1.29, 1.82) is 0 Å². The lowest BCUT2D eigenvalue weighted by Crippen LogP contribution is -2.23. The van der Waals surface area contributed by atoms with Crippen LogP contribution in [0.1, 0.15) is 53.5 Å². The molecule has 0 aliphatic heterocycles. The van der Waals surface area contributed by atoms with Gasteiger partial charge in [0.2, 0.25) is 0 Å². The fraction of sp³-hybridized carbons (Fsp3) is 0.0968. The van der Waals surface area contributed by atoms with Crippen LogP contribution in [0.25, 0.3) is 10.4 Å². The Morgan fingerprint density at radius 2 is 1.58 bits per heavy atom. The molecule has 0 aliphatic rings. The number of benzene rings is 2. The van der Waals surface area contributed by atoms with E-state index in [0.717, 1.165) is 26.9 Å². The molecule has 0 fully saturated rings. The molecule has 0 unspecified atom stereocenters. The van der Waals surface area contributed by atoms with Crippen molar-refractivity contribution in [3.05, 3.63) is 121 Å². The average molecular weight is 678 g/mol. The van der Waals surface area contributed by atoms with Crippen molar-refractivity contribution in [3.63, 3.8) is 0 Å². The number of hydrazone groups is 1. The lowest BCUT2D eigenvalue weighted by atomic mass is 10.1. The number of halogens is 1. The second-order valence-electron chi connectivity index (χ2n) is 9.28. The van der Waals surface area contributed by atoms with Gasteiger partial charge in [-0.3, -0.25) is 14.4 Å². The van der Waals surface area contributed by atoms with Gasteiger partial charge in [0, 0.05) is 22.0 Å². The zero-order valence-electron chi connectivity index (χ0n) is 22.7. The van der Waals surface area contributed by atoms with Crippen molar-refractivity contribution in [2.24, 2.45) is 5.10 Å². The van der Waals surface area contributed by atoms with Crippen LogP contribution in [0.4, 0.5) is 0 Å². The lowest BCUT2D eigenvalue weighted by molar-refractivity contribution is 0.0941. The molecule has 0 spiro atoms. The van der Waals surface area contributed by atoms with E-state index in [1.807, 2.05) is 24.3 Å². The van der Waals surface area contributed by atoms with Gasteiger partial charge in [-0.1, -0.05) is 40.2 Å². The van der Waals surface area contributed by atoms with E-state index in [4.69, 9.17) is 4.42 Å². The number of thiophene rings is 2. The quantitative estimate of drug-likeness (QED) is 0.0983. The molecule has 3 aromatic heterocycles. The molecule has 5 rings (SSSR count). The van der Waals surface area contributed by atoms with E-state index >= 15 is 0 Å². The van der Waals surface area contributed by atoms with E-state index in [9.17, 15) is 19.5 Å². The van der Waals surface area contributed by atoms with Gasteiger partial charge < -0.3 is 20.2 Å². The number of nitrogens with zero attached hydrogens (tertiary/aromatic N) is 1. The largest absolute Gasteiger partial charge is 0.506 e. The highest BCUT2D eigenvalue weighted by molar-refractivity contribution is 9.10. The van der Waals surface area contributed by atoms with Crippen LogP contribution in [-0.4, -0.2) is 28.5 Å². The van der Waals surface area contributed by atoms with Gasteiger partial charge in [0.05, 0.1) is 38.7 Å². The van der Waals surface area contributed by atoms with Gasteiger partial charge >= 0.3 is 0 Å². The van der Waals surface area contributed by atoms with Gasteiger partial charge in [0.25, 0.3) is 17.7 Å². The summed E-state index contributed by atoms with van der Waals surface area (Å²) in [6.45, 7) is 2.24. The summed E-state index contributed by atoms with van der Waals surface area (Å²) >= 11 is 5.83. The zero-order chi connectivity index (χ0) is 30.3. The minimum atomic E-state index is -0.466. The number of hydrogen-bond donors (Lipinski definition) is 4. The number of hydrogen-bond acceptors (Lipinski definition) is 8. The maximum atomic E-state index is 12.7. The molecule has 3 amide bonds. The third kappa shape index (κ3) is 7.47. The second-order valence-corrected chi connectivity index (χ2v) is 12.2. The topological polar surface area (TPSA) is 133 Å². The van der Waals surface area contributed by atoms with Crippen LogP contribution >= 0.6 is 38.6 Å². The van der Waals surface area contributed by atoms with Gasteiger partial charge in [-0.2, -0.15) is 5.10 Å². The number of furan rings is 1. The van der Waals surface area contributed by atoms with Crippen LogP contribution in [0, 0.1) is 0 Å². The fourth-order valence-corrected chi connectivity index (χ4v) is 6.06. The Morgan fingerprint density at radius 3 is 2.28 bits per heavy atom. The number of aromatic hydroxyl groups is 1. The number of rotatable bonds is 10. The number of carbonyl (C=O) groups is 3. The van der Waals surface area contributed by atoms with Crippen LogP contribution in [0.2, 0.25) is 0 Å².